The number of nitrogens with zero attached hydrogens (tertiary/aromatic N) is 1. The third-order valence-corrected chi connectivity index (χ3v) is 8.10. The number of Topliss-reactive ketones (excluding diaryl/α,β-unsaturated/α-hetero) is 1. The number of likely N-dealkylation sites (tertiary alicyclic amines) is 1. The first kappa shape index (κ1) is 22.6. The van der Waals surface area contributed by atoms with Crippen molar-refractivity contribution >= 4 is 46.8 Å². The van der Waals surface area contributed by atoms with E-state index in [4.69, 9.17) is 27.9 Å². The van der Waals surface area contributed by atoms with Crippen molar-refractivity contribution in [1.82, 2.24) is 4.90 Å². The number of hydrogen-bond acceptors (Lipinski definition) is 5. The molecule has 6 nitrogen and oxygen atoms in total. The van der Waals surface area contributed by atoms with Crippen molar-refractivity contribution in [2.24, 2.45) is 41.4 Å². The normalized spacial score (nSPS) is 32.1. The predicted octanol–water partition coefficient (Wildman–Crippen LogP) is 4.19. The molecule has 8 heteroatoms. The molecule has 0 radical (unpaired) electrons. The Bertz CT molecular complexity index is 1050. The number of carbonyl (C=O) groups excluding carboxylic acids is 4. The van der Waals surface area contributed by atoms with E-state index in [0.717, 1.165) is 11.3 Å². The molecule has 2 bridgehead atoms. The number of carbonyl (C=O) groups is 4. The Morgan fingerprint density at radius 1 is 1.06 bits per heavy atom. The molecule has 0 aromatic heterocycles. The molecule has 1 aromatic rings. The van der Waals surface area contributed by atoms with Crippen LogP contribution in [0.5, 0.6) is 0 Å². The van der Waals surface area contributed by atoms with E-state index in [0.29, 0.717) is 16.9 Å². The molecule has 2 amide bonds. The first-order chi connectivity index (χ1) is 15.7. The number of benzene rings is 1. The molecule has 1 aromatic carbocycles. The van der Waals surface area contributed by atoms with Crippen molar-refractivity contribution in [3.63, 3.8) is 0 Å². The monoisotopic (exact) mass is 489 g/mol. The van der Waals surface area contributed by atoms with E-state index in [-0.39, 0.29) is 58.4 Å². The minimum Gasteiger partial charge on any atom is -0.456 e. The molecule has 5 aliphatic rings. The third-order valence-electron chi connectivity index (χ3n) is 7.55. The number of amides is 2. The lowest BCUT2D eigenvalue weighted by Gasteiger charge is -2.37. The van der Waals surface area contributed by atoms with E-state index in [1.807, 2.05) is 13.8 Å². The first-order valence-corrected chi connectivity index (χ1v) is 12.1. The molecule has 174 valence electrons. The Labute approximate surface area is 202 Å². The lowest BCUT2D eigenvalue weighted by atomic mass is 9.63. The van der Waals surface area contributed by atoms with Crippen molar-refractivity contribution in [3.05, 3.63) is 46.0 Å². The topological polar surface area (TPSA) is 80.8 Å². The van der Waals surface area contributed by atoms with Gasteiger partial charge in [-0.15, -0.1) is 0 Å². The quantitative estimate of drug-likeness (QED) is 0.248. The van der Waals surface area contributed by atoms with Gasteiger partial charge < -0.3 is 4.74 Å². The summed E-state index contributed by atoms with van der Waals surface area (Å²) < 4.78 is 5.33. The van der Waals surface area contributed by atoms with Crippen molar-refractivity contribution in [3.8, 4) is 0 Å². The molecule has 0 N–H and O–H groups in total. The SMILES string of the molecule is CC(C)C[C@H](C(=O)OCC(=O)c1ccc(Cl)cc1Cl)N1C(=O)[C@@H]2[C@@H]3C=C[C@H]([C@H]4C[C@H]34)[C@@H]2C1=O. The van der Waals surface area contributed by atoms with Crippen molar-refractivity contribution < 1.29 is 23.9 Å². The van der Waals surface area contributed by atoms with Gasteiger partial charge in [-0.2, -0.15) is 0 Å². The fourth-order valence-electron chi connectivity index (χ4n) is 6.07. The number of ether oxygens (including phenoxy) is 1. The van der Waals surface area contributed by atoms with E-state index in [9.17, 15) is 19.2 Å². The average Bonchev–Trinajstić information content (AvgIpc) is 3.54. The number of imide groups is 1. The maximum atomic E-state index is 13.4. The molecule has 1 aliphatic heterocycles. The molecule has 4 aliphatic carbocycles. The summed E-state index contributed by atoms with van der Waals surface area (Å²) in [5, 5.41) is 0.553. The van der Waals surface area contributed by atoms with Crippen molar-refractivity contribution in [2.75, 3.05) is 6.61 Å². The molecule has 0 spiro atoms. The van der Waals surface area contributed by atoms with Gasteiger partial charge in [0.2, 0.25) is 17.6 Å². The van der Waals surface area contributed by atoms with Crippen LogP contribution in [0.3, 0.4) is 0 Å². The summed E-state index contributed by atoms with van der Waals surface area (Å²) in [5.74, 6) is -1.38. The van der Waals surface area contributed by atoms with Crippen molar-refractivity contribution in [1.29, 1.82) is 0 Å². The second kappa shape index (κ2) is 8.24. The molecule has 0 unspecified atom stereocenters. The highest BCUT2D eigenvalue weighted by Crippen LogP contribution is 2.65. The van der Waals surface area contributed by atoms with Crippen LogP contribution < -0.4 is 0 Å². The van der Waals surface area contributed by atoms with Crippen LogP contribution in [0.15, 0.2) is 30.4 Å². The summed E-state index contributed by atoms with van der Waals surface area (Å²) in [6, 6.07) is 3.40. The zero-order valence-corrected chi connectivity index (χ0v) is 19.9. The predicted molar refractivity (Wildman–Crippen MR) is 122 cm³/mol. The van der Waals surface area contributed by atoms with Gasteiger partial charge in [0.25, 0.3) is 0 Å². The van der Waals surface area contributed by atoms with Crippen LogP contribution in [0.25, 0.3) is 0 Å². The Morgan fingerprint density at radius 2 is 1.67 bits per heavy atom. The van der Waals surface area contributed by atoms with Gasteiger partial charge in [0, 0.05) is 10.6 Å². The van der Waals surface area contributed by atoms with E-state index in [1.165, 1.54) is 18.2 Å². The highest BCUT2D eigenvalue weighted by molar-refractivity contribution is 6.36. The van der Waals surface area contributed by atoms with Crippen LogP contribution >= 0.6 is 23.2 Å². The molecule has 3 fully saturated rings. The highest BCUT2D eigenvalue weighted by Gasteiger charge is 2.68. The van der Waals surface area contributed by atoms with Gasteiger partial charge in [-0.1, -0.05) is 49.2 Å². The minimum absolute atomic E-state index is 0.0374. The summed E-state index contributed by atoms with van der Waals surface area (Å²) >= 11 is 12.0. The minimum atomic E-state index is -1.04. The summed E-state index contributed by atoms with van der Waals surface area (Å²) in [5.41, 5.74) is 0.190. The molecular weight excluding hydrogens is 465 g/mol. The average molecular weight is 490 g/mol. The maximum Gasteiger partial charge on any atom is 0.329 e. The van der Waals surface area contributed by atoms with E-state index in [1.54, 1.807) is 0 Å². The number of ketones is 1. The molecule has 1 heterocycles. The number of esters is 1. The Balaban J connectivity index is 1.33. The number of halogens is 2. The lowest BCUT2D eigenvalue weighted by molar-refractivity contribution is -0.159. The highest BCUT2D eigenvalue weighted by atomic mass is 35.5. The van der Waals surface area contributed by atoms with Crippen LogP contribution in [0, 0.1) is 41.4 Å². The van der Waals surface area contributed by atoms with Crippen LogP contribution in [-0.4, -0.2) is 41.1 Å². The Kier molecular flexibility index (Phi) is 5.65. The van der Waals surface area contributed by atoms with E-state index >= 15 is 0 Å². The summed E-state index contributed by atoms with van der Waals surface area (Å²) in [4.78, 5) is 53.7. The first-order valence-electron chi connectivity index (χ1n) is 11.4. The number of hydrogen-bond donors (Lipinski definition) is 0. The molecule has 1 saturated heterocycles. The largest absolute Gasteiger partial charge is 0.456 e. The summed E-state index contributed by atoms with van der Waals surface area (Å²) in [7, 11) is 0. The fraction of sp³-hybridized carbons (Fsp3) is 0.520. The van der Waals surface area contributed by atoms with Gasteiger partial charge in [-0.25, -0.2) is 4.79 Å². The van der Waals surface area contributed by atoms with Crippen LogP contribution in [-0.2, 0) is 19.1 Å². The molecular formula is C25H25Cl2NO5. The molecule has 33 heavy (non-hydrogen) atoms. The third kappa shape index (κ3) is 3.71. The second-order valence-electron chi connectivity index (χ2n) is 10.0. The van der Waals surface area contributed by atoms with E-state index in [2.05, 4.69) is 12.2 Å². The van der Waals surface area contributed by atoms with Crippen LogP contribution in [0.2, 0.25) is 10.0 Å². The Morgan fingerprint density at radius 3 is 2.21 bits per heavy atom. The summed E-state index contributed by atoms with van der Waals surface area (Å²) in [6.07, 6.45) is 5.54. The van der Waals surface area contributed by atoms with Gasteiger partial charge in [0.15, 0.2) is 6.61 Å². The zero-order chi connectivity index (χ0) is 23.6. The molecule has 2 saturated carbocycles. The number of rotatable bonds is 7. The fourth-order valence-corrected chi connectivity index (χ4v) is 6.58. The zero-order valence-electron chi connectivity index (χ0n) is 18.4. The van der Waals surface area contributed by atoms with Gasteiger partial charge in [-0.05, 0) is 60.6 Å². The van der Waals surface area contributed by atoms with Gasteiger partial charge in [0.05, 0.1) is 16.9 Å². The smallest absolute Gasteiger partial charge is 0.329 e. The van der Waals surface area contributed by atoms with Gasteiger partial charge in [-0.3, -0.25) is 19.3 Å². The van der Waals surface area contributed by atoms with Gasteiger partial charge in [0.1, 0.15) is 6.04 Å². The maximum absolute atomic E-state index is 13.4. The standard InChI is InChI=1S/C25H25Cl2NO5/c1-11(2)7-19(25(32)33-10-20(29)15-4-3-12(26)8-18(15)27)28-23(30)21-13-5-6-14(17-9-16(13)17)22(21)24(28)31/h3-6,8,11,13-14,16-17,19,21-22H,7,9-10H2,1-2H3/t13-,14-,16-,17-,19-,21-,22+/m1/s1. The van der Waals surface area contributed by atoms with Crippen LogP contribution in [0.1, 0.15) is 37.0 Å². The van der Waals surface area contributed by atoms with E-state index < -0.39 is 24.4 Å². The Hall–Kier alpha value is -2.18. The number of allylic oxidation sites excluding steroid dienone is 2. The van der Waals surface area contributed by atoms with Gasteiger partial charge >= 0.3 is 5.97 Å². The molecule has 7 atom stereocenters. The van der Waals surface area contributed by atoms with Crippen LogP contribution in [0.4, 0.5) is 0 Å². The van der Waals surface area contributed by atoms with Crippen molar-refractivity contribution in [2.45, 2.75) is 32.7 Å². The molecule has 6 rings (SSSR count). The second-order valence-corrected chi connectivity index (χ2v) is 10.8. The summed E-state index contributed by atoms with van der Waals surface area (Å²) in [6.45, 7) is 3.30. The lowest BCUT2D eigenvalue weighted by Crippen LogP contribution is -2.47.